The Morgan fingerprint density at radius 2 is 1.74 bits per heavy atom. The number of carbonyl (C=O) groups excluding carboxylic acids is 1. The zero-order valence-corrected chi connectivity index (χ0v) is 18.3. The highest BCUT2D eigenvalue weighted by Crippen LogP contribution is 2.41. The summed E-state index contributed by atoms with van der Waals surface area (Å²) < 4.78 is 34.4. The van der Waals surface area contributed by atoms with E-state index < -0.39 is 16.1 Å². The van der Waals surface area contributed by atoms with Crippen LogP contribution in [0.4, 0.5) is 10.7 Å². The van der Waals surface area contributed by atoms with Crippen molar-refractivity contribution >= 4 is 43.4 Å². The van der Waals surface area contributed by atoms with Crippen LogP contribution in [0.15, 0.2) is 65.6 Å². The molecule has 0 saturated carbocycles. The number of fused-ring (bicyclic) bond motifs is 1. The lowest BCUT2D eigenvalue weighted by molar-refractivity contribution is 0.256. The molecule has 2 aromatic carbocycles. The lowest BCUT2D eigenvalue weighted by Crippen LogP contribution is -2.35. The molecule has 0 unspecified atom stereocenters. The van der Waals surface area contributed by atoms with Gasteiger partial charge in [-0.25, -0.2) is 22.9 Å². The summed E-state index contributed by atoms with van der Waals surface area (Å²) in [6, 6.07) is 17.0. The Balaban J connectivity index is 1.70. The van der Waals surface area contributed by atoms with E-state index in [4.69, 9.17) is 4.74 Å². The summed E-state index contributed by atoms with van der Waals surface area (Å²) in [5.41, 5.74) is 1.30. The number of aryl methyl sites for hydroxylation is 1. The molecule has 10 heteroatoms. The topological polar surface area (TPSA) is 110 Å². The first kappa shape index (κ1) is 20.8. The molecule has 0 aliphatic carbocycles. The monoisotopic (exact) mass is 454 g/mol. The number of hydrogen-bond acceptors (Lipinski definition) is 7. The van der Waals surface area contributed by atoms with Crippen molar-refractivity contribution in [3.05, 3.63) is 66.4 Å². The Labute approximate surface area is 183 Å². The van der Waals surface area contributed by atoms with Gasteiger partial charge in [-0.1, -0.05) is 48.5 Å². The third-order valence-corrected chi connectivity index (χ3v) is 7.11. The molecule has 0 fully saturated rings. The van der Waals surface area contributed by atoms with Gasteiger partial charge >= 0.3 is 6.03 Å². The van der Waals surface area contributed by atoms with Crippen molar-refractivity contribution in [2.45, 2.75) is 11.8 Å². The predicted octanol–water partition coefficient (Wildman–Crippen LogP) is 4.19. The molecule has 4 rings (SSSR count). The summed E-state index contributed by atoms with van der Waals surface area (Å²) in [5, 5.41) is 2.90. The van der Waals surface area contributed by atoms with Crippen LogP contribution in [0, 0.1) is 6.92 Å². The maximum atomic E-state index is 13.3. The summed E-state index contributed by atoms with van der Waals surface area (Å²) in [6.07, 6.45) is 0. The minimum Gasteiger partial charge on any atom is -0.481 e. The number of anilines is 1. The second-order valence-electron chi connectivity index (χ2n) is 6.56. The summed E-state index contributed by atoms with van der Waals surface area (Å²) in [5.74, 6) is 0.184. The van der Waals surface area contributed by atoms with E-state index >= 15 is 0 Å². The average Bonchev–Trinajstić information content (AvgIpc) is 3.14. The molecule has 0 saturated heterocycles. The number of benzene rings is 2. The van der Waals surface area contributed by atoms with Crippen LogP contribution in [0.25, 0.3) is 20.5 Å². The minimum absolute atomic E-state index is 0.0530. The number of urea groups is 1. The zero-order chi connectivity index (χ0) is 22.0. The van der Waals surface area contributed by atoms with Gasteiger partial charge in [-0.2, -0.15) is 4.98 Å². The maximum absolute atomic E-state index is 13.3. The molecule has 31 heavy (non-hydrogen) atoms. The fourth-order valence-corrected chi connectivity index (χ4v) is 5.92. The fourth-order valence-electron chi connectivity index (χ4n) is 3.07. The highest BCUT2D eigenvalue weighted by atomic mass is 32.2. The number of hydrogen-bond donors (Lipinski definition) is 2. The molecular weight excluding hydrogens is 436 g/mol. The van der Waals surface area contributed by atoms with E-state index in [1.165, 1.54) is 18.4 Å². The van der Waals surface area contributed by atoms with Crippen LogP contribution in [0.3, 0.4) is 0 Å². The third kappa shape index (κ3) is 4.35. The first-order valence-corrected chi connectivity index (χ1v) is 11.5. The Hall–Kier alpha value is -3.50. The van der Waals surface area contributed by atoms with Crippen molar-refractivity contribution < 1.29 is 17.9 Å². The van der Waals surface area contributed by atoms with Crippen LogP contribution >= 0.6 is 11.3 Å². The molecule has 0 atom stereocenters. The number of nitrogens with zero attached hydrogens (tertiary/aromatic N) is 2. The van der Waals surface area contributed by atoms with Crippen molar-refractivity contribution in [1.29, 1.82) is 0 Å². The van der Waals surface area contributed by atoms with Gasteiger partial charge in [0.25, 0.3) is 10.0 Å². The number of ether oxygens (including phenoxy) is 1. The Morgan fingerprint density at radius 3 is 2.48 bits per heavy atom. The largest absolute Gasteiger partial charge is 0.481 e. The predicted molar refractivity (Wildman–Crippen MR) is 120 cm³/mol. The number of methoxy groups -OCH3 is 1. The first-order valence-electron chi connectivity index (χ1n) is 9.18. The van der Waals surface area contributed by atoms with Gasteiger partial charge in [0.05, 0.1) is 12.0 Å². The molecule has 0 bridgehead atoms. The average molecular weight is 455 g/mol. The van der Waals surface area contributed by atoms with E-state index in [9.17, 15) is 13.2 Å². The lowest BCUT2D eigenvalue weighted by atomic mass is 10.1. The number of carbonyl (C=O) groups is 1. The highest BCUT2D eigenvalue weighted by molar-refractivity contribution is 7.90. The van der Waals surface area contributed by atoms with Gasteiger partial charge < -0.3 is 4.74 Å². The molecule has 0 aliphatic heterocycles. The molecule has 2 heterocycles. The van der Waals surface area contributed by atoms with Gasteiger partial charge in [-0.3, -0.25) is 5.32 Å². The summed E-state index contributed by atoms with van der Waals surface area (Å²) in [7, 11) is -2.77. The van der Waals surface area contributed by atoms with E-state index in [0.29, 0.717) is 16.0 Å². The SMILES string of the molecule is COc1cc(C)nc(NC(=O)NS(=O)(=O)c2c(-c3ccccc3)sc3ccccc23)n1. The molecule has 2 amide bonds. The van der Waals surface area contributed by atoms with Gasteiger partial charge in [-0.05, 0) is 18.6 Å². The van der Waals surface area contributed by atoms with Crippen LogP contribution in [0.2, 0.25) is 0 Å². The van der Waals surface area contributed by atoms with Crippen molar-refractivity contribution in [1.82, 2.24) is 14.7 Å². The number of nitrogens with one attached hydrogen (secondary N) is 2. The summed E-state index contributed by atoms with van der Waals surface area (Å²) >= 11 is 1.35. The van der Waals surface area contributed by atoms with Gasteiger partial charge in [-0.15, -0.1) is 11.3 Å². The molecule has 4 aromatic rings. The normalized spacial score (nSPS) is 11.3. The standard InChI is InChI=1S/C21H18N4O4S2/c1-13-12-17(29-2)23-20(22-13)24-21(26)25-31(27,28)19-15-10-6-7-11-16(15)30-18(19)14-8-4-3-5-9-14/h3-12H,1-2H3,(H2,22,23,24,25,26). The van der Waals surface area contributed by atoms with Crippen molar-refractivity contribution in [3.63, 3.8) is 0 Å². The second-order valence-corrected chi connectivity index (χ2v) is 9.23. The Bertz CT molecular complexity index is 1370. The van der Waals surface area contributed by atoms with Crippen LogP contribution in [0.1, 0.15) is 5.69 Å². The van der Waals surface area contributed by atoms with E-state index in [-0.39, 0.29) is 16.7 Å². The number of thiophene rings is 1. The molecule has 2 N–H and O–H groups in total. The molecular formula is C21H18N4O4S2. The quantitative estimate of drug-likeness (QED) is 0.468. The molecule has 8 nitrogen and oxygen atoms in total. The zero-order valence-electron chi connectivity index (χ0n) is 16.6. The smallest absolute Gasteiger partial charge is 0.335 e. The minimum atomic E-state index is -4.21. The van der Waals surface area contributed by atoms with Gasteiger partial charge in [0.2, 0.25) is 11.8 Å². The molecule has 0 aliphatic rings. The van der Waals surface area contributed by atoms with E-state index in [2.05, 4.69) is 20.0 Å². The number of rotatable bonds is 5. The van der Waals surface area contributed by atoms with Crippen molar-refractivity contribution in [2.24, 2.45) is 0 Å². The van der Waals surface area contributed by atoms with Crippen LogP contribution < -0.4 is 14.8 Å². The van der Waals surface area contributed by atoms with E-state index in [1.807, 2.05) is 42.5 Å². The second kappa shape index (κ2) is 8.32. The Morgan fingerprint density at radius 1 is 1.03 bits per heavy atom. The number of sulfonamides is 1. The third-order valence-electron chi connectivity index (χ3n) is 4.35. The van der Waals surface area contributed by atoms with Crippen LogP contribution in [-0.2, 0) is 10.0 Å². The van der Waals surface area contributed by atoms with E-state index in [1.54, 1.807) is 25.1 Å². The van der Waals surface area contributed by atoms with Crippen molar-refractivity contribution in [2.75, 3.05) is 12.4 Å². The molecule has 158 valence electrons. The Kier molecular flexibility index (Phi) is 5.57. The van der Waals surface area contributed by atoms with Crippen LogP contribution in [-0.4, -0.2) is 31.5 Å². The number of amides is 2. The lowest BCUT2D eigenvalue weighted by Gasteiger charge is -2.10. The molecule has 2 aromatic heterocycles. The van der Waals surface area contributed by atoms with Gasteiger partial charge in [0.1, 0.15) is 4.90 Å². The van der Waals surface area contributed by atoms with Gasteiger partial charge in [0, 0.05) is 21.8 Å². The van der Waals surface area contributed by atoms with Gasteiger partial charge in [0.15, 0.2) is 0 Å². The van der Waals surface area contributed by atoms with E-state index in [0.717, 1.165) is 10.3 Å². The fraction of sp³-hybridized carbons (Fsp3) is 0.0952. The number of aromatic nitrogens is 2. The maximum Gasteiger partial charge on any atom is 0.335 e. The van der Waals surface area contributed by atoms with Crippen LogP contribution in [0.5, 0.6) is 5.88 Å². The summed E-state index contributed by atoms with van der Waals surface area (Å²) in [6.45, 7) is 1.70. The molecule has 0 radical (unpaired) electrons. The summed E-state index contributed by atoms with van der Waals surface area (Å²) in [4.78, 5) is 21.2. The highest BCUT2D eigenvalue weighted by Gasteiger charge is 2.27. The molecule has 0 spiro atoms. The first-order chi connectivity index (χ1) is 14.9. The van der Waals surface area contributed by atoms with Crippen molar-refractivity contribution in [3.8, 4) is 16.3 Å².